The summed E-state index contributed by atoms with van der Waals surface area (Å²) in [5.74, 6) is -1.27. The van der Waals surface area contributed by atoms with Crippen LogP contribution < -0.4 is 20.9 Å². The number of aromatic nitrogens is 2. The first-order chi connectivity index (χ1) is 21.2. The number of hydrogen-bond acceptors (Lipinski definition) is 14. The van der Waals surface area contributed by atoms with Crippen molar-refractivity contribution in [2.45, 2.75) is 64.4 Å². The number of aromatic amines is 1. The van der Waals surface area contributed by atoms with E-state index < -0.39 is 68.4 Å². The summed E-state index contributed by atoms with van der Waals surface area (Å²) in [5, 5.41) is 14.0. The first-order valence-corrected chi connectivity index (χ1v) is 15.7. The van der Waals surface area contributed by atoms with Crippen molar-refractivity contribution in [3.63, 3.8) is 0 Å². The SMILES string of the molecule is COc1cc(Cl)c(/C=N/O[C@@H]2C[C@H](n3cc(C)c(=O)[nH]c3=O)O[C@@H]2COP(=O)([O-])OC[C@@H]2CC(OC(C)=O)OC2C)c(Cl)c1O. The molecule has 0 saturated carbocycles. The molecular weight excluding hydrogens is 664 g/mol. The van der Waals surface area contributed by atoms with E-state index in [1.54, 1.807) is 6.92 Å². The molecular formula is C26H31Cl2N3O13P-. The van der Waals surface area contributed by atoms with Crippen molar-refractivity contribution in [3.8, 4) is 11.5 Å². The van der Waals surface area contributed by atoms with Crippen LogP contribution in [0.25, 0.3) is 0 Å². The summed E-state index contributed by atoms with van der Waals surface area (Å²) in [6.45, 7) is 3.54. The number of benzene rings is 1. The molecule has 2 fully saturated rings. The maximum Gasteiger partial charge on any atom is 0.330 e. The smallest absolute Gasteiger partial charge is 0.330 e. The highest BCUT2D eigenvalue weighted by Gasteiger charge is 2.40. The van der Waals surface area contributed by atoms with E-state index in [9.17, 15) is 28.9 Å². The third-order valence-electron chi connectivity index (χ3n) is 7.09. The minimum absolute atomic E-state index is 0.0232. The number of phosphoric acid groups is 1. The van der Waals surface area contributed by atoms with Crippen molar-refractivity contribution in [2.75, 3.05) is 20.3 Å². The molecule has 0 spiro atoms. The van der Waals surface area contributed by atoms with E-state index in [4.69, 9.17) is 56.0 Å². The summed E-state index contributed by atoms with van der Waals surface area (Å²) in [7, 11) is -3.57. The number of halogens is 2. The maximum atomic E-state index is 12.6. The zero-order valence-electron chi connectivity index (χ0n) is 24.5. The van der Waals surface area contributed by atoms with Crippen molar-refractivity contribution in [2.24, 2.45) is 11.1 Å². The molecule has 1 aromatic carbocycles. The number of H-pyrrole nitrogens is 1. The van der Waals surface area contributed by atoms with Gasteiger partial charge in [0.15, 0.2) is 17.6 Å². The minimum Gasteiger partial charge on any atom is -0.756 e. The molecule has 0 amide bonds. The number of esters is 1. The molecule has 2 saturated heterocycles. The monoisotopic (exact) mass is 694 g/mol. The fourth-order valence-corrected chi connectivity index (χ4v) is 5.98. The number of aryl methyl sites for hydroxylation is 1. The molecule has 248 valence electrons. The first kappa shape index (κ1) is 34.9. The summed E-state index contributed by atoms with van der Waals surface area (Å²) < 4.78 is 45.3. The number of methoxy groups -OCH3 is 1. The molecule has 0 bridgehead atoms. The molecule has 1 aromatic heterocycles. The fraction of sp³-hybridized carbons (Fsp3) is 0.538. The molecule has 3 heterocycles. The van der Waals surface area contributed by atoms with Crippen LogP contribution in [-0.2, 0) is 37.5 Å². The Bertz CT molecular complexity index is 1600. The van der Waals surface area contributed by atoms with E-state index in [1.165, 1.54) is 33.2 Å². The number of oxime groups is 1. The average Bonchev–Trinajstić information content (AvgIpc) is 3.53. The molecule has 2 N–H and O–H groups in total. The van der Waals surface area contributed by atoms with Gasteiger partial charge in [0.05, 0.1) is 42.7 Å². The number of rotatable bonds is 12. The molecule has 3 unspecified atom stereocenters. The molecule has 0 aliphatic carbocycles. The zero-order valence-corrected chi connectivity index (χ0v) is 26.9. The van der Waals surface area contributed by atoms with E-state index in [2.05, 4.69) is 10.1 Å². The van der Waals surface area contributed by atoms with Crippen molar-refractivity contribution < 1.29 is 52.2 Å². The van der Waals surface area contributed by atoms with Crippen LogP contribution in [0.4, 0.5) is 0 Å². The summed E-state index contributed by atoms with van der Waals surface area (Å²) in [4.78, 5) is 56.0. The molecule has 4 rings (SSSR count). The van der Waals surface area contributed by atoms with Crippen LogP contribution in [-0.4, -0.2) is 71.8 Å². The van der Waals surface area contributed by atoms with Crippen molar-refractivity contribution in [3.05, 3.63) is 54.3 Å². The van der Waals surface area contributed by atoms with Crippen LogP contribution in [0.5, 0.6) is 11.5 Å². The second-order valence-electron chi connectivity index (χ2n) is 10.3. The van der Waals surface area contributed by atoms with Gasteiger partial charge in [0.2, 0.25) is 6.29 Å². The normalized spacial score (nSPS) is 26.2. The molecule has 19 heteroatoms. The van der Waals surface area contributed by atoms with Gasteiger partial charge in [-0.1, -0.05) is 28.4 Å². The standard InChI is InChI=1S/C26H32Cl2N3O13P/c1-12-9-31(26(35)30-25(12)34)21-7-18(44-29-8-16-17(27)6-19(38-4)24(33)23(16)28)20(43-21)11-40-45(36,37)39-10-15-5-22(41-13(15)2)42-14(3)32/h6,8-9,13,15,18,20-22,33H,5,7,10-11H2,1-4H3,(H,36,37)(H,30,34,35)/p-1/b29-8+/t13?,15-,18+,20+,21+,22?/m0/s1. The van der Waals surface area contributed by atoms with Crippen LogP contribution >= 0.6 is 31.0 Å². The third kappa shape index (κ3) is 8.65. The Morgan fingerprint density at radius 1 is 1.27 bits per heavy atom. The lowest BCUT2D eigenvalue weighted by Crippen LogP contribution is -2.33. The van der Waals surface area contributed by atoms with Crippen molar-refractivity contribution in [1.82, 2.24) is 9.55 Å². The summed E-state index contributed by atoms with van der Waals surface area (Å²) in [6, 6.07) is 1.32. The Hall–Kier alpha value is -2.95. The van der Waals surface area contributed by atoms with Crippen LogP contribution in [0.3, 0.4) is 0 Å². The van der Waals surface area contributed by atoms with Crippen LogP contribution in [0.1, 0.15) is 44.0 Å². The van der Waals surface area contributed by atoms with Crippen molar-refractivity contribution >= 4 is 43.2 Å². The third-order valence-corrected chi connectivity index (χ3v) is 8.72. The number of nitrogens with one attached hydrogen (secondary N) is 1. The fourth-order valence-electron chi connectivity index (χ4n) is 4.67. The van der Waals surface area contributed by atoms with Gasteiger partial charge < -0.3 is 42.8 Å². The zero-order chi connectivity index (χ0) is 33.1. The first-order valence-electron chi connectivity index (χ1n) is 13.5. The molecule has 0 radical (unpaired) electrons. The molecule has 16 nitrogen and oxygen atoms in total. The Morgan fingerprint density at radius 2 is 1.98 bits per heavy atom. The Morgan fingerprint density at radius 3 is 2.67 bits per heavy atom. The number of aromatic hydroxyl groups is 1. The van der Waals surface area contributed by atoms with E-state index in [1.807, 2.05) is 0 Å². The van der Waals surface area contributed by atoms with E-state index in [0.717, 1.165) is 10.8 Å². The van der Waals surface area contributed by atoms with Gasteiger partial charge in [0.25, 0.3) is 13.4 Å². The van der Waals surface area contributed by atoms with Crippen LogP contribution in [0, 0.1) is 12.8 Å². The number of carbonyl (C=O) groups excluding carboxylic acids is 1. The number of phosphoric ester groups is 1. The molecule has 2 aromatic rings. The Balaban J connectivity index is 1.46. The van der Waals surface area contributed by atoms with Gasteiger partial charge >= 0.3 is 11.7 Å². The van der Waals surface area contributed by atoms with E-state index in [0.29, 0.717) is 0 Å². The van der Waals surface area contributed by atoms with Gasteiger partial charge in [-0.2, -0.15) is 0 Å². The number of phenols is 1. The van der Waals surface area contributed by atoms with Gasteiger partial charge in [0, 0.05) is 49.1 Å². The number of ether oxygens (including phenoxy) is 4. The largest absolute Gasteiger partial charge is 0.756 e. The number of carbonyl (C=O) groups is 1. The lowest BCUT2D eigenvalue weighted by Gasteiger charge is -2.27. The van der Waals surface area contributed by atoms with Crippen LogP contribution in [0.2, 0.25) is 10.0 Å². The second kappa shape index (κ2) is 14.6. The molecule has 2 aliphatic heterocycles. The predicted octanol–water partition coefficient (Wildman–Crippen LogP) is 2.39. The molecule has 7 atom stereocenters. The topological polar surface area (TPSA) is 209 Å². The predicted molar refractivity (Wildman–Crippen MR) is 155 cm³/mol. The Labute approximate surface area is 266 Å². The van der Waals surface area contributed by atoms with Gasteiger partial charge in [-0.3, -0.25) is 23.7 Å². The quantitative estimate of drug-likeness (QED) is 0.142. The maximum absolute atomic E-state index is 12.6. The summed E-state index contributed by atoms with van der Waals surface area (Å²) >= 11 is 12.4. The highest BCUT2D eigenvalue weighted by Crippen LogP contribution is 2.43. The van der Waals surface area contributed by atoms with Crippen molar-refractivity contribution in [1.29, 1.82) is 0 Å². The number of phenolic OH excluding ortho intramolecular Hbond substituents is 1. The van der Waals surface area contributed by atoms with Gasteiger partial charge in [-0.15, -0.1) is 0 Å². The lowest BCUT2D eigenvalue weighted by atomic mass is 10.0. The highest BCUT2D eigenvalue weighted by molar-refractivity contribution is 7.45. The van der Waals surface area contributed by atoms with Gasteiger partial charge in [-0.25, -0.2) is 4.79 Å². The van der Waals surface area contributed by atoms with E-state index >= 15 is 0 Å². The summed E-state index contributed by atoms with van der Waals surface area (Å²) in [5.41, 5.74) is -1.00. The lowest BCUT2D eigenvalue weighted by molar-refractivity contribution is -0.229. The van der Waals surface area contributed by atoms with Crippen LogP contribution in [0.15, 0.2) is 27.0 Å². The molecule has 45 heavy (non-hydrogen) atoms. The Kier molecular flexibility index (Phi) is 11.4. The average molecular weight is 695 g/mol. The highest BCUT2D eigenvalue weighted by atomic mass is 35.5. The minimum atomic E-state index is -4.89. The van der Waals surface area contributed by atoms with Gasteiger partial charge in [0.1, 0.15) is 12.3 Å². The number of hydrogen-bond donors (Lipinski definition) is 2. The summed E-state index contributed by atoms with van der Waals surface area (Å²) in [6.07, 6.45) is -1.71. The number of nitrogens with zero attached hydrogens (tertiary/aromatic N) is 2. The van der Waals surface area contributed by atoms with Gasteiger partial charge in [-0.05, 0) is 13.8 Å². The van der Waals surface area contributed by atoms with E-state index in [-0.39, 0.29) is 52.1 Å². The molecule has 2 aliphatic rings. The second-order valence-corrected chi connectivity index (χ2v) is 12.5.